The number of carbonyl (C=O) groups is 1. The number of esters is 1. The van der Waals surface area contributed by atoms with Crippen LogP contribution in [-0.4, -0.2) is 17.6 Å². The number of hydrogen-bond donors (Lipinski definition) is 0. The predicted octanol–water partition coefficient (Wildman–Crippen LogP) is 3.87. The first-order valence-corrected chi connectivity index (χ1v) is 7.99. The van der Waals surface area contributed by atoms with Gasteiger partial charge in [-0.15, -0.1) is 11.8 Å². The van der Waals surface area contributed by atoms with Crippen molar-refractivity contribution in [3.8, 4) is 6.07 Å². The Morgan fingerprint density at radius 3 is 2.87 bits per heavy atom. The van der Waals surface area contributed by atoms with Gasteiger partial charge in [0.05, 0.1) is 23.4 Å². The van der Waals surface area contributed by atoms with Crippen molar-refractivity contribution in [3.05, 3.63) is 58.5 Å². The molecule has 1 aromatic carbocycles. The number of benzene rings is 1. The van der Waals surface area contributed by atoms with Gasteiger partial charge >= 0.3 is 5.97 Å². The van der Waals surface area contributed by atoms with Crippen molar-refractivity contribution in [1.82, 2.24) is 4.98 Å². The summed E-state index contributed by atoms with van der Waals surface area (Å²) in [6, 6.07) is 9.81. The molecule has 0 aliphatic heterocycles. The fourth-order valence-electron chi connectivity index (χ4n) is 1.97. The Labute approximate surface area is 138 Å². The molecule has 0 saturated carbocycles. The van der Waals surface area contributed by atoms with E-state index in [0.29, 0.717) is 27.6 Å². The van der Waals surface area contributed by atoms with Gasteiger partial charge in [-0.05, 0) is 37.6 Å². The zero-order chi connectivity index (χ0) is 16.8. The molecule has 23 heavy (non-hydrogen) atoms. The van der Waals surface area contributed by atoms with E-state index in [2.05, 4.69) is 4.98 Å². The van der Waals surface area contributed by atoms with E-state index in [4.69, 9.17) is 4.74 Å². The second-order valence-corrected chi connectivity index (χ2v) is 5.69. The van der Waals surface area contributed by atoms with Crippen LogP contribution >= 0.6 is 11.8 Å². The van der Waals surface area contributed by atoms with Crippen molar-refractivity contribution in [2.45, 2.75) is 24.6 Å². The Balaban J connectivity index is 2.24. The second-order valence-electron chi connectivity index (χ2n) is 4.72. The normalized spacial score (nSPS) is 10.2. The summed E-state index contributed by atoms with van der Waals surface area (Å²) in [5.41, 5.74) is 1.90. The van der Waals surface area contributed by atoms with Crippen LogP contribution in [0.4, 0.5) is 4.39 Å². The molecular weight excluding hydrogens is 315 g/mol. The van der Waals surface area contributed by atoms with Crippen molar-refractivity contribution in [2.75, 3.05) is 6.61 Å². The van der Waals surface area contributed by atoms with E-state index < -0.39 is 5.97 Å². The number of pyridine rings is 1. The third-order valence-corrected chi connectivity index (χ3v) is 4.12. The molecule has 0 amide bonds. The number of nitrogens with zero attached hydrogens (tertiary/aromatic N) is 2. The van der Waals surface area contributed by atoms with Crippen LogP contribution in [0.15, 0.2) is 35.4 Å². The molecule has 4 nitrogen and oxygen atoms in total. The molecule has 1 aromatic heterocycles. The van der Waals surface area contributed by atoms with E-state index in [1.165, 1.54) is 30.0 Å². The predicted molar refractivity (Wildman–Crippen MR) is 85.6 cm³/mol. The van der Waals surface area contributed by atoms with Crippen molar-refractivity contribution in [1.29, 1.82) is 5.26 Å². The second kappa shape index (κ2) is 7.75. The molecule has 2 rings (SSSR count). The average Bonchev–Trinajstić information content (AvgIpc) is 2.53. The van der Waals surface area contributed by atoms with Gasteiger partial charge in [-0.25, -0.2) is 14.2 Å². The molecule has 0 atom stereocenters. The summed E-state index contributed by atoms with van der Waals surface area (Å²) in [5.74, 6) is -0.307. The Morgan fingerprint density at radius 2 is 2.22 bits per heavy atom. The molecule has 0 aliphatic rings. The highest BCUT2D eigenvalue weighted by Gasteiger charge is 2.16. The van der Waals surface area contributed by atoms with Gasteiger partial charge in [0.2, 0.25) is 0 Å². The van der Waals surface area contributed by atoms with Crippen LogP contribution in [0.25, 0.3) is 0 Å². The van der Waals surface area contributed by atoms with E-state index in [-0.39, 0.29) is 12.4 Å². The topological polar surface area (TPSA) is 63.0 Å². The maximum absolute atomic E-state index is 13.2. The number of hydrogen-bond acceptors (Lipinski definition) is 5. The molecule has 2 aromatic rings. The molecule has 0 aliphatic carbocycles. The first-order chi connectivity index (χ1) is 11.0. The molecule has 0 saturated heterocycles. The zero-order valence-electron chi connectivity index (χ0n) is 12.8. The van der Waals surface area contributed by atoms with Crippen LogP contribution in [-0.2, 0) is 10.5 Å². The van der Waals surface area contributed by atoms with Gasteiger partial charge in [0.1, 0.15) is 16.9 Å². The molecule has 0 unspecified atom stereocenters. The summed E-state index contributed by atoms with van der Waals surface area (Å²) in [5, 5.41) is 9.79. The van der Waals surface area contributed by atoms with Gasteiger partial charge in [0.15, 0.2) is 0 Å². The molecule has 118 valence electrons. The number of aryl methyl sites for hydroxylation is 1. The van der Waals surface area contributed by atoms with Crippen molar-refractivity contribution >= 4 is 17.7 Å². The lowest BCUT2D eigenvalue weighted by Gasteiger charge is -2.09. The Bertz CT molecular complexity index is 772. The van der Waals surface area contributed by atoms with Crippen molar-refractivity contribution in [3.63, 3.8) is 0 Å². The fraction of sp³-hybridized carbons (Fsp3) is 0.235. The number of nitriles is 1. The number of ether oxygens (including phenoxy) is 1. The summed E-state index contributed by atoms with van der Waals surface area (Å²) < 4.78 is 18.1. The lowest BCUT2D eigenvalue weighted by atomic mass is 10.1. The van der Waals surface area contributed by atoms with Crippen LogP contribution in [0.3, 0.4) is 0 Å². The van der Waals surface area contributed by atoms with E-state index >= 15 is 0 Å². The molecule has 0 spiro atoms. The van der Waals surface area contributed by atoms with E-state index in [1.54, 1.807) is 19.9 Å². The minimum atomic E-state index is -0.490. The first kappa shape index (κ1) is 17.0. The third-order valence-electron chi connectivity index (χ3n) is 3.06. The van der Waals surface area contributed by atoms with Gasteiger partial charge < -0.3 is 4.74 Å². The molecule has 6 heteroatoms. The fourth-order valence-corrected chi connectivity index (χ4v) is 2.91. The summed E-state index contributed by atoms with van der Waals surface area (Å²) in [6.45, 7) is 3.67. The van der Waals surface area contributed by atoms with Crippen LogP contribution < -0.4 is 0 Å². The van der Waals surface area contributed by atoms with Gasteiger partial charge in [-0.1, -0.05) is 12.1 Å². The molecule has 0 bridgehead atoms. The smallest absolute Gasteiger partial charge is 0.340 e. The van der Waals surface area contributed by atoms with Gasteiger partial charge in [0, 0.05) is 5.75 Å². The summed E-state index contributed by atoms with van der Waals surface area (Å²) in [4.78, 5) is 16.2. The van der Waals surface area contributed by atoms with Crippen molar-refractivity contribution < 1.29 is 13.9 Å². The lowest BCUT2D eigenvalue weighted by Crippen LogP contribution is -2.09. The molecule has 1 heterocycles. The number of rotatable bonds is 5. The van der Waals surface area contributed by atoms with Crippen molar-refractivity contribution in [2.24, 2.45) is 0 Å². The maximum atomic E-state index is 13.2. The summed E-state index contributed by atoms with van der Waals surface area (Å²) in [7, 11) is 0. The first-order valence-electron chi connectivity index (χ1n) is 7.01. The standard InChI is InChI=1S/C17H15FN2O2S/c1-3-22-17(21)15-8-13(9-19)16(20-11(15)2)23-10-12-5-4-6-14(18)7-12/h4-8H,3,10H2,1-2H3. The number of carbonyl (C=O) groups excluding carboxylic acids is 1. The van der Waals surface area contributed by atoms with Crippen LogP contribution in [0.2, 0.25) is 0 Å². The van der Waals surface area contributed by atoms with Crippen LogP contribution in [0, 0.1) is 24.1 Å². The van der Waals surface area contributed by atoms with Gasteiger partial charge in [-0.3, -0.25) is 0 Å². The van der Waals surface area contributed by atoms with E-state index in [0.717, 1.165) is 5.56 Å². The Kier molecular flexibility index (Phi) is 5.72. The largest absolute Gasteiger partial charge is 0.462 e. The van der Waals surface area contributed by atoms with Gasteiger partial charge in [0.25, 0.3) is 0 Å². The van der Waals surface area contributed by atoms with Crippen LogP contribution in [0.1, 0.15) is 34.1 Å². The molecule has 0 N–H and O–H groups in total. The minimum Gasteiger partial charge on any atom is -0.462 e. The minimum absolute atomic E-state index is 0.260. The Hall–Kier alpha value is -2.39. The molecule has 0 fully saturated rings. The number of aromatic nitrogens is 1. The van der Waals surface area contributed by atoms with E-state index in [1.807, 2.05) is 12.1 Å². The summed E-state index contributed by atoms with van der Waals surface area (Å²) >= 11 is 1.33. The lowest BCUT2D eigenvalue weighted by molar-refractivity contribution is 0.0524. The SMILES string of the molecule is CCOC(=O)c1cc(C#N)c(SCc2cccc(F)c2)nc1C. The quantitative estimate of drug-likeness (QED) is 0.615. The van der Waals surface area contributed by atoms with E-state index in [9.17, 15) is 14.4 Å². The Morgan fingerprint density at radius 1 is 1.43 bits per heavy atom. The highest BCUT2D eigenvalue weighted by atomic mass is 32.2. The zero-order valence-corrected chi connectivity index (χ0v) is 13.6. The maximum Gasteiger partial charge on any atom is 0.340 e. The highest BCUT2D eigenvalue weighted by Crippen LogP contribution is 2.26. The summed E-state index contributed by atoms with van der Waals surface area (Å²) in [6.07, 6.45) is 0. The average molecular weight is 330 g/mol. The third kappa shape index (κ3) is 4.30. The van der Waals surface area contributed by atoms with Crippen LogP contribution in [0.5, 0.6) is 0 Å². The number of thioether (sulfide) groups is 1. The molecular formula is C17H15FN2O2S. The highest BCUT2D eigenvalue weighted by molar-refractivity contribution is 7.98. The monoisotopic (exact) mass is 330 g/mol. The number of halogens is 1. The molecule has 0 radical (unpaired) electrons. The van der Waals surface area contributed by atoms with Gasteiger partial charge in [-0.2, -0.15) is 5.26 Å².